The number of H-pyrrole nitrogens is 1. The summed E-state index contributed by atoms with van der Waals surface area (Å²) in [5.74, 6) is -0.249. The van der Waals surface area contributed by atoms with E-state index in [0.717, 1.165) is 5.56 Å². The Labute approximate surface area is 108 Å². The molecule has 0 saturated carbocycles. The summed E-state index contributed by atoms with van der Waals surface area (Å²) in [4.78, 5) is 11.4. The summed E-state index contributed by atoms with van der Waals surface area (Å²) in [6, 6.07) is 6.36. The van der Waals surface area contributed by atoms with Gasteiger partial charge < -0.3 is 0 Å². The molecule has 1 unspecified atom stereocenters. The first-order valence-corrected chi connectivity index (χ1v) is 6.57. The first-order chi connectivity index (χ1) is 8.61. The van der Waals surface area contributed by atoms with E-state index in [1.807, 2.05) is 13.8 Å². The third kappa shape index (κ3) is 2.64. The van der Waals surface area contributed by atoms with Crippen LogP contribution >= 0.6 is 11.8 Å². The van der Waals surface area contributed by atoms with Crippen molar-refractivity contribution in [1.82, 2.24) is 14.8 Å². The van der Waals surface area contributed by atoms with E-state index >= 15 is 0 Å². The molecule has 2 aromatic rings. The van der Waals surface area contributed by atoms with E-state index in [-0.39, 0.29) is 16.8 Å². The molecule has 0 saturated heterocycles. The van der Waals surface area contributed by atoms with Crippen molar-refractivity contribution in [2.24, 2.45) is 0 Å². The number of aromatic nitrogens is 3. The van der Waals surface area contributed by atoms with Crippen molar-refractivity contribution >= 4 is 11.8 Å². The predicted octanol–water partition coefficient (Wildman–Crippen LogP) is 2.58. The molecule has 1 aromatic heterocycles. The Balaban J connectivity index is 2.18. The van der Waals surface area contributed by atoms with Crippen LogP contribution in [0.5, 0.6) is 0 Å². The molecule has 0 aliphatic heterocycles. The largest absolute Gasteiger partial charge is 0.343 e. The lowest BCUT2D eigenvalue weighted by molar-refractivity contribution is 0.627. The van der Waals surface area contributed by atoms with Crippen molar-refractivity contribution in [2.45, 2.75) is 30.8 Å². The second-order valence-electron chi connectivity index (χ2n) is 3.87. The van der Waals surface area contributed by atoms with Gasteiger partial charge in [-0.05, 0) is 31.5 Å². The maximum absolute atomic E-state index is 12.8. The van der Waals surface area contributed by atoms with Crippen LogP contribution in [0.15, 0.2) is 34.2 Å². The van der Waals surface area contributed by atoms with E-state index in [1.54, 1.807) is 16.7 Å². The van der Waals surface area contributed by atoms with E-state index in [1.165, 1.54) is 23.9 Å². The zero-order chi connectivity index (χ0) is 13.1. The van der Waals surface area contributed by atoms with E-state index in [9.17, 15) is 9.18 Å². The van der Waals surface area contributed by atoms with Gasteiger partial charge in [0.1, 0.15) is 5.82 Å². The molecular formula is C12H14FN3OS. The molecule has 0 spiro atoms. The zero-order valence-corrected chi connectivity index (χ0v) is 11.0. The van der Waals surface area contributed by atoms with E-state index < -0.39 is 0 Å². The van der Waals surface area contributed by atoms with Crippen LogP contribution in [0.4, 0.5) is 4.39 Å². The summed E-state index contributed by atoms with van der Waals surface area (Å²) in [6.07, 6.45) is 0. The maximum Gasteiger partial charge on any atom is 0.343 e. The van der Waals surface area contributed by atoms with Crippen LogP contribution in [-0.4, -0.2) is 14.8 Å². The Hall–Kier alpha value is -1.56. The standard InChI is InChI=1S/C12H14FN3OS/c1-3-16-11(17)14-15-12(16)18-8(2)9-4-6-10(13)7-5-9/h4-8H,3H2,1-2H3,(H,14,17). The Morgan fingerprint density at radius 3 is 2.72 bits per heavy atom. The molecule has 1 atom stereocenters. The highest BCUT2D eigenvalue weighted by Gasteiger charge is 2.13. The third-order valence-corrected chi connectivity index (χ3v) is 3.81. The molecule has 1 heterocycles. The molecule has 0 aliphatic rings. The normalized spacial score (nSPS) is 12.6. The summed E-state index contributed by atoms with van der Waals surface area (Å²) in [6.45, 7) is 4.47. The number of benzene rings is 1. The Kier molecular flexibility index (Phi) is 3.86. The fourth-order valence-electron chi connectivity index (χ4n) is 1.63. The molecule has 18 heavy (non-hydrogen) atoms. The second-order valence-corrected chi connectivity index (χ2v) is 5.18. The first-order valence-electron chi connectivity index (χ1n) is 5.69. The van der Waals surface area contributed by atoms with E-state index in [4.69, 9.17) is 0 Å². The Morgan fingerprint density at radius 2 is 2.11 bits per heavy atom. The number of nitrogens with zero attached hydrogens (tertiary/aromatic N) is 2. The highest BCUT2D eigenvalue weighted by atomic mass is 32.2. The Bertz CT molecular complexity index is 576. The highest BCUT2D eigenvalue weighted by molar-refractivity contribution is 7.99. The summed E-state index contributed by atoms with van der Waals surface area (Å²) in [5.41, 5.74) is 0.797. The van der Waals surface area contributed by atoms with E-state index in [2.05, 4.69) is 10.2 Å². The highest BCUT2D eigenvalue weighted by Crippen LogP contribution is 2.32. The molecule has 1 aromatic carbocycles. The monoisotopic (exact) mass is 267 g/mol. The first kappa shape index (κ1) is 12.9. The van der Waals surface area contributed by atoms with Crippen LogP contribution in [0.3, 0.4) is 0 Å². The van der Waals surface area contributed by atoms with Gasteiger partial charge >= 0.3 is 5.69 Å². The zero-order valence-electron chi connectivity index (χ0n) is 10.2. The van der Waals surface area contributed by atoms with Gasteiger partial charge in [-0.3, -0.25) is 4.57 Å². The molecule has 0 fully saturated rings. The van der Waals surface area contributed by atoms with Crippen molar-refractivity contribution in [2.75, 3.05) is 0 Å². The lowest BCUT2D eigenvalue weighted by atomic mass is 10.2. The van der Waals surface area contributed by atoms with E-state index in [0.29, 0.717) is 11.7 Å². The molecule has 0 bridgehead atoms. The lowest BCUT2D eigenvalue weighted by Crippen LogP contribution is -2.16. The molecule has 0 aliphatic carbocycles. The number of thioether (sulfide) groups is 1. The minimum absolute atomic E-state index is 0.103. The summed E-state index contributed by atoms with van der Waals surface area (Å²) in [5, 5.41) is 7.17. The van der Waals surface area contributed by atoms with Crippen molar-refractivity contribution in [3.63, 3.8) is 0 Å². The summed E-state index contributed by atoms with van der Waals surface area (Å²) >= 11 is 1.47. The molecule has 0 amide bonds. The van der Waals surface area contributed by atoms with Crippen LogP contribution in [0.2, 0.25) is 0 Å². The topological polar surface area (TPSA) is 50.7 Å². The summed E-state index contributed by atoms with van der Waals surface area (Å²) < 4.78 is 14.4. The van der Waals surface area contributed by atoms with Crippen LogP contribution in [0.25, 0.3) is 0 Å². The van der Waals surface area contributed by atoms with Crippen LogP contribution in [-0.2, 0) is 6.54 Å². The Morgan fingerprint density at radius 1 is 1.44 bits per heavy atom. The van der Waals surface area contributed by atoms with Crippen molar-refractivity contribution < 1.29 is 4.39 Å². The van der Waals surface area contributed by atoms with Crippen LogP contribution in [0.1, 0.15) is 24.7 Å². The minimum Gasteiger partial charge on any atom is -0.270 e. The average molecular weight is 267 g/mol. The lowest BCUT2D eigenvalue weighted by Gasteiger charge is -2.10. The number of nitrogens with one attached hydrogen (secondary N) is 1. The number of hydrogen-bond acceptors (Lipinski definition) is 3. The van der Waals surface area contributed by atoms with Crippen LogP contribution < -0.4 is 5.69 Å². The SMILES string of the molecule is CCn1c(SC(C)c2ccc(F)cc2)n[nH]c1=O. The minimum atomic E-state index is -0.249. The number of aromatic amines is 1. The predicted molar refractivity (Wildman–Crippen MR) is 69.2 cm³/mol. The van der Waals surface area contributed by atoms with Crippen molar-refractivity contribution in [3.8, 4) is 0 Å². The molecule has 96 valence electrons. The average Bonchev–Trinajstić information content (AvgIpc) is 2.70. The van der Waals surface area contributed by atoms with Crippen LogP contribution in [0, 0.1) is 5.82 Å². The third-order valence-electron chi connectivity index (χ3n) is 2.66. The summed E-state index contributed by atoms with van der Waals surface area (Å²) in [7, 11) is 0. The van der Waals surface area contributed by atoms with Gasteiger partial charge in [-0.25, -0.2) is 14.3 Å². The number of rotatable bonds is 4. The molecular weight excluding hydrogens is 253 g/mol. The maximum atomic E-state index is 12.8. The molecule has 6 heteroatoms. The molecule has 4 nitrogen and oxygen atoms in total. The number of hydrogen-bond donors (Lipinski definition) is 1. The number of halogens is 1. The van der Waals surface area contributed by atoms with Gasteiger partial charge in [0, 0.05) is 11.8 Å². The van der Waals surface area contributed by atoms with Gasteiger partial charge in [-0.1, -0.05) is 23.9 Å². The second kappa shape index (κ2) is 5.39. The fraction of sp³-hybridized carbons (Fsp3) is 0.333. The molecule has 2 rings (SSSR count). The van der Waals surface area contributed by atoms with Crippen molar-refractivity contribution in [1.29, 1.82) is 0 Å². The van der Waals surface area contributed by atoms with Crippen molar-refractivity contribution in [3.05, 3.63) is 46.1 Å². The van der Waals surface area contributed by atoms with Gasteiger partial charge in [0.25, 0.3) is 0 Å². The van der Waals surface area contributed by atoms with Gasteiger partial charge in [-0.2, -0.15) is 0 Å². The van der Waals surface area contributed by atoms with Gasteiger partial charge in [0.05, 0.1) is 0 Å². The quantitative estimate of drug-likeness (QED) is 0.866. The molecule has 0 radical (unpaired) electrons. The molecule has 1 N–H and O–H groups in total. The smallest absolute Gasteiger partial charge is 0.270 e. The van der Waals surface area contributed by atoms with Gasteiger partial charge in [-0.15, -0.1) is 5.10 Å². The van der Waals surface area contributed by atoms with Gasteiger partial charge in [0.15, 0.2) is 5.16 Å². The fourth-order valence-corrected chi connectivity index (χ4v) is 2.68. The van der Waals surface area contributed by atoms with Gasteiger partial charge in [0.2, 0.25) is 0 Å².